The van der Waals surface area contributed by atoms with Crippen LogP contribution in [0.1, 0.15) is 52.5 Å². The number of nitrogens with zero attached hydrogens (tertiary/aromatic N) is 2. The van der Waals surface area contributed by atoms with Gasteiger partial charge in [-0.1, -0.05) is 12.1 Å². The predicted octanol–water partition coefficient (Wildman–Crippen LogP) is 4.91. The van der Waals surface area contributed by atoms with E-state index in [1.54, 1.807) is 19.4 Å². The average Bonchev–Trinajstić information content (AvgIpc) is 3.37. The Bertz CT molecular complexity index is 1520. The molecule has 190 valence electrons. The van der Waals surface area contributed by atoms with Gasteiger partial charge in [-0.05, 0) is 66.5 Å². The molecule has 1 unspecified atom stereocenters. The van der Waals surface area contributed by atoms with Gasteiger partial charge in [-0.15, -0.1) is 11.6 Å². The van der Waals surface area contributed by atoms with Gasteiger partial charge in [0.15, 0.2) is 0 Å². The number of ether oxygens (including phenoxy) is 2. The first-order valence-electron chi connectivity index (χ1n) is 12.3. The summed E-state index contributed by atoms with van der Waals surface area (Å²) in [6.45, 7) is 0. The molecule has 0 bridgehead atoms. The minimum atomic E-state index is -0.434. The van der Waals surface area contributed by atoms with Gasteiger partial charge in [-0.25, -0.2) is 4.98 Å². The molecule has 1 amide bonds. The molecule has 1 atom stereocenters. The minimum absolute atomic E-state index is 0.00371. The van der Waals surface area contributed by atoms with E-state index < -0.39 is 5.38 Å². The number of pyridine rings is 1. The number of amides is 1. The summed E-state index contributed by atoms with van der Waals surface area (Å²) in [5.41, 5.74) is 4.00. The summed E-state index contributed by atoms with van der Waals surface area (Å²) in [4.78, 5) is 29.3. The van der Waals surface area contributed by atoms with E-state index in [4.69, 9.17) is 21.1 Å². The lowest BCUT2D eigenvalue weighted by atomic mass is 9.50. The maximum atomic E-state index is 13.2. The summed E-state index contributed by atoms with van der Waals surface area (Å²) in [5, 5.41) is 11.7. The van der Waals surface area contributed by atoms with Crippen molar-refractivity contribution >= 4 is 45.3 Å². The van der Waals surface area contributed by atoms with Crippen LogP contribution in [-0.2, 0) is 9.53 Å². The van der Waals surface area contributed by atoms with Crippen molar-refractivity contribution in [2.24, 2.45) is 11.3 Å². The molecule has 6 rings (SSSR count). The number of fused-ring (bicyclic) bond motifs is 2. The quantitative estimate of drug-likeness (QED) is 0.277. The van der Waals surface area contributed by atoms with Gasteiger partial charge in [-0.3, -0.25) is 14.7 Å². The van der Waals surface area contributed by atoms with E-state index in [0.717, 1.165) is 53.1 Å². The maximum Gasteiger partial charge on any atom is 0.308 e. The van der Waals surface area contributed by atoms with E-state index in [0.29, 0.717) is 17.0 Å². The first kappa shape index (κ1) is 23.7. The SMILES string of the molecule is COC(=O)C1CC2(CC(NC(=O)c3ccc(C(Cl)c4ccc5nc(OC)ccc5c4)c4cn[nH]c34)C2)C1. The van der Waals surface area contributed by atoms with Crippen molar-refractivity contribution in [2.75, 3.05) is 14.2 Å². The van der Waals surface area contributed by atoms with Crippen LogP contribution in [0.5, 0.6) is 5.88 Å². The van der Waals surface area contributed by atoms with Gasteiger partial charge in [0.25, 0.3) is 5.91 Å². The number of methoxy groups -OCH3 is 2. The zero-order valence-electron chi connectivity index (χ0n) is 20.6. The standard InChI is InChI=1S/C28H27ClN4O4/c1-36-23-8-4-15-9-16(3-7-22(15)32-23)24(29)19-5-6-20(25-21(19)14-30-33-25)26(34)31-18-12-28(13-18)10-17(11-28)27(35)37-2/h3-9,14,17-18,24H,10-13H2,1-2H3,(H,30,33)(H,31,34). The largest absolute Gasteiger partial charge is 0.481 e. The molecule has 2 N–H and O–H groups in total. The third-order valence-corrected chi connectivity index (χ3v) is 8.43. The van der Waals surface area contributed by atoms with Crippen LogP contribution in [0.3, 0.4) is 0 Å². The number of H-pyrrole nitrogens is 1. The van der Waals surface area contributed by atoms with Gasteiger partial charge in [0.05, 0.1) is 48.3 Å². The monoisotopic (exact) mass is 518 g/mol. The molecule has 0 radical (unpaired) electrons. The molecule has 1 spiro atoms. The number of aromatic nitrogens is 3. The fraction of sp³-hybridized carbons (Fsp3) is 0.357. The number of hydrogen-bond acceptors (Lipinski definition) is 6. The molecule has 8 nitrogen and oxygen atoms in total. The molecule has 2 fully saturated rings. The second-order valence-corrected chi connectivity index (χ2v) is 10.7. The number of aromatic amines is 1. The van der Waals surface area contributed by atoms with Crippen molar-refractivity contribution in [1.29, 1.82) is 0 Å². The van der Waals surface area contributed by atoms with Gasteiger partial charge < -0.3 is 14.8 Å². The van der Waals surface area contributed by atoms with Crippen molar-refractivity contribution in [3.8, 4) is 5.88 Å². The van der Waals surface area contributed by atoms with Crippen molar-refractivity contribution in [3.63, 3.8) is 0 Å². The Morgan fingerprint density at radius 2 is 1.92 bits per heavy atom. The van der Waals surface area contributed by atoms with E-state index in [1.165, 1.54) is 7.11 Å². The number of rotatable bonds is 6. The van der Waals surface area contributed by atoms with Crippen LogP contribution in [0.15, 0.2) is 48.7 Å². The normalized spacial score (nSPS) is 23.3. The van der Waals surface area contributed by atoms with Gasteiger partial charge >= 0.3 is 5.97 Å². The Labute approximate surface area is 218 Å². The molecule has 2 aliphatic rings. The highest BCUT2D eigenvalue weighted by Crippen LogP contribution is 2.59. The fourth-order valence-corrected chi connectivity index (χ4v) is 6.37. The summed E-state index contributed by atoms with van der Waals surface area (Å²) in [5.74, 6) is 0.301. The van der Waals surface area contributed by atoms with E-state index in [1.807, 2.05) is 36.4 Å². The lowest BCUT2D eigenvalue weighted by molar-refractivity contribution is -0.159. The molecule has 2 heterocycles. The number of halogens is 1. The van der Waals surface area contributed by atoms with Gasteiger partial charge in [0, 0.05) is 22.9 Å². The second kappa shape index (κ2) is 9.03. The van der Waals surface area contributed by atoms with Crippen LogP contribution < -0.4 is 10.1 Å². The number of alkyl halides is 1. The zero-order valence-corrected chi connectivity index (χ0v) is 21.3. The second-order valence-electron chi connectivity index (χ2n) is 10.2. The van der Waals surface area contributed by atoms with Crippen molar-refractivity contribution in [1.82, 2.24) is 20.5 Å². The molecule has 2 aromatic carbocycles. The molecule has 0 aliphatic heterocycles. The van der Waals surface area contributed by atoms with Gasteiger partial charge in [0.2, 0.25) is 5.88 Å². The number of benzene rings is 2. The van der Waals surface area contributed by atoms with Crippen molar-refractivity contribution in [2.45, 2.75) is 37.1 Å². The highest BCUT2D eigenvalue weighted by Gasteiger charge is 2.55. The first-order chi connectivity index (χ1) is 17.9. The Kier molecular flexibility index (Phi) is 5.79. The first-order valence-corrected chi connectivity index (χ1v) is 12.8. The molecule has 37 heavy (non-hydrogen) atoms. The summed E-state index contributed by atoms with van der Waals surface area (Å²) >= 11 is 6.95. The molecule has 4 aromatic rings. The van der Waals surface area contributed by atoms with Crippen molar-refractivity contribution < 1.29 is 19.1 Å². The van der Waals surface area contributed by atoms with E-state index in [2.05, 4.69) is 20.5 Å². The molecular formula is C28H27ClN4O4. The number of hydrogen-bond donors (Lipinski definition) is 2. The summed E-state index contributed by atoms with van der Waals surface area (Å²) in [6, 6.07) is 13.5. The third kappa shape index (κ3) is 4.09. The summed E-state index contributed by atoms with van der Waals surface area (Å²) in [6.07, 6.45) is 5.19. The van der Waals surface area contributed by atoms with Crippen LogP contribution in [0.25, 0.3) is 21.8 Å². The number of carbonyl (C=O) groups excluding carboxylic acids is 2. The Morgan fingerprint density at radius 3 is 2.68 bits per heavy atom. The van der Waals surface area contributed by atoms with Gasteiger partial charge in [0.1, 0.15) is 0 Å². The van der Waals surface area contributed by atoms with Crippen LogP contribution in [-0.4, -0.2) is 47.3 Å². The molecule has 2 aliphatic carbocycles. The summed E-state index contributed by atoms with van der Waals surface area (Å²) < 4.78 is 10.1. The van der Waals surface area contributed by atoms with Gasteiger partial charge in [-0.2, -0.15) is 5.10 Å². The van der Waals surface area contributed by atoms with Crippen LogP contribution >= 0.6 is 11.6 Å². The summed E-state index contributed by atoms with van der Waals surface area (Å²) in [7, 11) is 3.03. The minimum Gasteiger partial charge on any atom is -0.481 e. The third-order valence-electron chi connectivity index (χ3n) is 7.94. The molecule has 2 aromatic heterocycles. The highest BCUT2D eigenvalue weighted by molar-refractivity contribution is 6.24. The maximum absolute atomic E-state index is 13.2. The van der Waals surface area contributed by atoms with E-state index >= 15 is 0 Å². The van der Waals surface area contributed by atoms with E-state index in [9.17, 15) is 9.59 Å². The molecule has 2 saturated carbocycles. The Balaban J connectivity index is 1.18. The molecular weight excluding hydrogens is 492 g/mol. The number of carbonyl (C=O) groups is 2. The lowest BCUT2D eigenvalue weighted by Crippen LogP contribution is -2.57. The van der Waals surface area contributed by atoms with Crippen LogP contribution in [0, 0.1) is 11.3 Å². The zero-order chi connectivity index (χ0) is 25.7. The van der Waals surface area contributed by atoms with Crippen LogP contribution in [0.2, 0.25) is 0 Å². The highest BCUT2D eigenvalue weighted by atomic mass is 35.5. The number of nitrogens with one attached hydrogen (secondary N) is 2. The number of esters is 1. The van der Waals surface area contributed by atoms with Crippen molar-refractivity contribution in [3.05, 3.63) is 65.4 Å². The Morgan fingerprint density at radius 1 is 1.11 bits per heavy atom. The molecule has 0 saturated heterocycles. The topological polar surface area (TPSA) is 106 Å². The lowest BCUT2D eigenvalue weighted by Gasteiger charge is -2.56. The Hall–Kier alpha value is -3.65. The predicted molar refractivity (Wildman–Crippen MR) is 140 cm³/mol. The fourth-order valence-electron chi connectivity index (χ4n) is 6.05. The smallest absolute Gasteiger partial charge is 0.308 e. The average molecular weight is 519 g/mol. The van der Waals surface area contributed by atoms with Crippen LogP contribution in [0.4, 0.5) is 0 Å². The molecule has 9 heteroatoms. The van der Waals surface area contributed by atoms with E-state index in [-0.39, 0.29) is 29.3 Å².